The average molecular weight is 534 g/mol. The van der Waals surface area contributed by atoms with Crippen molar-refractivity contribution in [3.05, 3.63) is 64.7 Å². The van der Waals surface area contributed by atoms with Gasteiger partial charge in [-0.25, -0.2) is 14.2 Å². The molecule has 2 aromatic carbocycles. The molecule has 7 rings (SSSR count). The second-order valence-corrected chi connectivity index (χ2v) is 11.8. The second kappa shape index (κ2) is 9.17. The molecule has 3 aliphatic rings. The zero-order chi connectivity index (χ0) is 26.0. The fraction of sp³-hybridized carbons (Fsp3) is 0.414. The van der Waals surface area contributed by atoms with Gasteiger partial charge in [0.2, 0.25) is 0 Å². The van der Waals surface area contributed by atoms with E-state index in [1.807, 2.05) is 13.0 Å². The Balaban J connectivity index is 1.10. The predicted molar refractivity (Wildman–Crippen MR) is 142 cm³/mol. The van der Waals surface area contributed by atoms with Crippen LogP contribution in [0.2, 0.25) is 0 Å². The van der Waals surface area contributed by atoms with Crippen LogP contribution in [0, 0.1) is 12.7 Å². The second-order valence-electron chi connectivity index (χ2n) is 10.8. The summed E-state index contributed by atoms with van der Waals surface area (Å²) in [5.74, 6) is -0.0332. The molecule has 2 bridgehead atoms. The van der Waals surface area contributed by atoms with E-state index >= 15 is 0 Å². The number of carbonyl (C=O) groups is 1. The minimum atomic E-state index is -0.918. The fourth-order valence-electron chi connectivity index (χ4n) is 6.19. The van der Waals surface area contributed by atoms with Gasteiger partial charge in [0.1, 0.15) is 17.3 Å². The first-order chi connectivity index (χ1) is 18.5. The molecule has 38 heavy (non-hydrogen) atoms. The number of rotatable bonds is 7. The first kappa shape index (κ1) is 23.8. The number of hydrogen-bond acceptors (Lipinski definition) is 7. The number of thiazole rings is 1. The highest BCUT2D eigenvalue weighted by atomic mass is 32.1. The van der Waals surface area contributed by atoms with E-state index in [2.05, 4.69) is 10.1 Å². The van der Waals surface area contributed by atoms with E-state index in [0.717, 1.165) is 70.8 Å². The van der Waals surface area contributed by atoms with Gasteiger partial charge in [-0.05, 0) is 75.3 Å². The molecule has 196 valence electrons. The first-order valence-corrected chi connectivity index (χ1v) is 14.1. The Morgan fingerprint density at radius 3 is 2.66 bits per heavy atom. The molecule has 3 fully saturated rings. The topological polar surface area (TPSA) is 88.7 Å². The van der Waals surface area contributed by atoms with Gasteiger partial charge < -0.3 is 19.3 Å². The van der Waals surface area contributed by atoms with Gasteiger partial charge in [0.05, 0.1) is 28.5 Å². The average Bonchev–Trinajstić information content (AvgIpc) is 3.41. The summed E-state index contributed by atoms with van der Waals surface area (Å²) in [5, 5.41) is 14.7. The molecule has 0 spiro atoms. The predicted octanol–water partition coefficient (Wildman–Crippen LogP) is 6.69. The summed E-state index contributed by atoms with van der Waals surface area (Å²) in [4.78, 5) is 18.9. The number of halogens is 1. The van der Waals surface area contributed by atoms with E-state index in [1.165, 1.54) is 6.07 Å². The molecule has 0 amide bonds. The van der Waals surface area contributed by atoms with Crippen LogP contribution >= 0.6 is 11.3 Å². The molecule has 1 saturated carbocycles. The lowest BCUT2D eigenvalue weighted by molar-refractivity contribution is 0.0147. The van der Waals surface area contributed by atoms with Crippen molar-refractivity contribution in [2.24, 2.45) is 0 Å². The maximum absolute atomic E-state index is 14.6. The minimum Gasteiger partial charge on any atom is -0.478 e. The molecular weight excluding hydrogens is 505 g/mol. The van der Waals surface area contributed by atoms with Gasteiger partial charge >= 0.3 is 5.97 Å². The minimum absolute atomic E-state index is 0.0916. The summed E-state index contributed by atoms with van der Waals surface area (Å²) in [6.07, 6.45) is 6.18. The number of benzene rings is 2. The summed E-state index contributed by atoms with van der Waals surface area (Å²) in [5.41, 5.74) is 3.95. The molecular formula is C29H28FN3O4S. The first-order valence-electron chi connectivity index (χ1n) is 13.2. The molecule has 2 aromatic heterocycles. The van der Waals surface area contributed by atoms with E-state index in [9.17, 15) is 14.3 Å². The number of nitrogens with zero attached hydrogens (tertiary/aromatic N) is 3. The Hall–Kier alpha value is -3.30. The number of hydrogen-bond donors (Lipinski definition) is 1. The highest BCUT2D eigenvalue weighted by molar-refractivity contribution is 7.22. The Labute approximate surface area is 223 Å². The largest absolute Gasteiger partial charge is 0.478 e. The molecule has 3 atom stereocenters. The monoisotopic (exact) mass is 533 g/mol. The van der Waals surface area contributed by atoms with Gasteiger partial charge in [0, 0.05) is 29.1 Å². The van der Waals surface area contributed by atoms with Gasteiger partial charge in [0.25, 0.3) is 0 Å². The maximum Gasteiger partial charge on any atom is 0.335 e. The molecule has 4 heterocycles. The number of ether oxygens (including phenoxy) is 1. The number of carboxylic acids is 1. The van der Waals surface area contributed by atoms with Crippen LogP contribution in [0.3, 0.4) is 0 Å². The lowest BCUT2D eigenvalue weighted by Gasteiger charge is -2.38. The Morgan fingerprint density at radius 2 is 1.95 bits per heavy atom. The van der Waals surface area contributed by atoms with Crippen molar-refractivity contribution in [3.63, 3.8) is 0 Å². The summed E-state index contributed by atoms with van der Waals surface area (Å²) in [7, 11) is 0. The number of anilines is 1. The molecule has 2 saturated heterocycles. The van der Waals surface area contributed by atoms with Gasteiger partial charge in [-0.15, -0.1) is 0 Å². The maximum atomic E-state index is 14.6. The SMILES string of the molecule is Cc1cc(C(=O)O)cc2sc(N3[C@@H]4CC[C@H]3C[C@@H](OCc3c(-c5ccccc5F)noc3C3CC3)C4)nc12. The Bertz CT molecular complexity index is 1530. The summed E-state index contributed by atoms with van der Waals surface area (Å²) in [6.45, 7) is 2.28. The van der Waals surface area contributed by atoms with Gasteiger partial charge in [-0.2, -0.15) is 0 Å². The van der Waals surface area contributed by atoms with Crippen molar-refractivity contribution in [1.82, 2.24) is 10.1 Å². The molecule has 9 heteroatoms. The highest BCUT2D eigenvalue weighted by Gasteiger charge is 2.43. The lowest BCUT2D eigenvalue weighted by Crippen LogP contribution is -2.45. The molecule has 7 nitrogen and oxygen atoms in total. The van der Waals surface area contributed by atoms with E-state index < -0.39 is 5.97 Å². The number of aromatic carboxylic acids is 1. The summed E-state index contributed by atoms with van der Waals surface area (Å²) < 4.78 is 27.7. The van der Waals surface area contributed by atoms with Crippen LogP contribution < -0.4 is 4.90 Å². The third kappa shape index (κ3) is 4.08. The smallest absolute Gasteiger partial charge is 0.335 e. The third-order valence-corrected chi connectivity index (χ3v) is 9.21. The van der Waals surface area contributed by atoms with Crippen molar-refractivity contribution in [2.45, 2.75) is 76.2 Å². The number of aryl methyl sites for hydroxylation is 1. The van der Waals surface area contributed by atoms with Crippen molar-refractivity contribution in [1.29, 1.82) is 0 Å². The van der Waals surface area contributed by atoms with Crippen LogP contribution in [0.1, 0.15) is 71.7 Å². The third-order valence-electron chi connectivity index (χ3n) is 8.19. The zero-order valence-electron chi connectivity index (χ0n) is 21.0. The van der Waals surface area contributed by atoms with Gasteiger partial charge in [-0.1, -0.05) is 28.6 Å². The van der Waals surface area contributed by atoms with E-state index in [0.29, 0.717) is 41.4 Å². The van der Waals surface area contributed by atoms with Gasteiger partial charge in [-0.3, -0.25) is 0 Å². The number of carboxylic acid groups (broad SMARTS) is 1. The van der Waals surface area contributed by atoms with Gasteiger partial charge in [0.15, 0.2) is 5.13 Å². The highest BCUT2D eigenvalue weighted by Crippen LogP contribution is 2.46. The summed E-state index contributed by atoms with van der Waals surface area (Å²) >= 11 is 1.58. The Kier molecular flexibility index (Phi) is 5.74. The molecule has 0 radical (unpaired) electrons. The van der Waals surface area contributed by atoms with E-state index in [1.54, 1.807) is 35.6 Å². The van der Waals surface area contributed by atoms with Crippen LogP contribution in [0.5, 0.6) is 0 Å². The number of piperidine rings is 1. The molecule has 1 aliphatic carbocycles. The molecule has 1 N–H and O–H groups in total. The molecule has 4 aromatic rings. The quantitative estimate of drug-likeness (QED) is 0.283. The fourth-order valence-corrected chi connectivity index (χ4v) is 7.41. The molecule has 2 aliphatic heterocycles. The zero-order valence-corrected chi connectivity index (χ0v) is 21.8. The van der Waals surface area contributed by atoms with E-state index in [-0.39, 0.29) is 11.9 Å². The number of fused-ring (bicyclic) bond motifs is 3. The van der Waals surface area contributed by atoms with Crippen molar-refractivity contribution in [2.75, 3.05) is 4.90 Å². The van der Waals surface area contributed by atoms with Crippen molar-refractivity contribution < 1.29 is 23.6 Å². The van der Waals surface area contributed by atoms with Crippen molar-refractivity contribution in [3.8, 4) is 11.3 Å². The van der Waals surface area contributed by atoms with Crippen molar-refractivity contribution >= 4 is 32.7 Å². The van der Waals surface area contributed by atoms with Crippen LogP contribution in [-0.2, 0) is 11.3 Å². The number of aromatic nitrogens is 2. The standard InChI is InChI=1S/C29H28FN3O4S/c1-15-10-17(28(34)35)11-24-25(15)31-29(38-24)33-18-8-9-19(33)13-20(12-18)36-14-22-26(21-4-2-3-5-23(21)30)32-37-27(22)16-6-7-16/h2-5,10-11,16,18-20H,6-9,12-14H2,1H3,(H,34,35)/t18-,19+,20+. The van der Waals surface area contributed by atoms with Crippen LogP contribution in [0.4, 0.5) is 9.52 Å². The summed E-state index contributed by atoms with van der Waals surface area (Å²) in [6, 6.07) is 10.8. The van der Waals surface area contributed by atoms with Crippen LogP contribution in [0.15, 0.2) is 40.9 Å². The normalized spacial score (nSPS) is 22.9. The molecule has 0 unspecified atom stereocenters. The lowest BCUT2D eigenvalue weighted by atomic mass is 10.00. The van der Waals surface area contributed by atoms with Crippen LogP contribution in [0.25, 0.3) is 21.5 Å². The van der Waals surface area contributed by atoms with Crippen LogP contribution in [-0.4, -0.2) is 39.4 Å². The Morgan fingerprint density at radius 1 is 1.18 bits per heavy atom. The van der Waals surface area contributed by atoms with E-state index in [4.69, 9.17) is 14.2 Å².